The van der Waals surface area contributed by atoms with Crippen molar-refractivity contribution in [2.24, 2.45) is 0 Å². The lowest BCUT2D eigenvalue weighted by Gasteiger charge is -2.33. The number of para-hydroxylation sites is 1. The summed E-state index contributed by atoms with van der Waals surface area (Å²) in [6.45, 7) is 5.88. The van der Waals surface area contributed by atoms with Crippen LogP contribution in [0.2, 0.25) is 0 Å². The molecule has 1 amide bonds. The molecule has 0 spiro atoms. The summed E-state index contributed by atoms with van der Waals surface area (Å²) in [7, 11) is 1.44. The molecule has 0 atom stereocenters. The van der Waals surface area contributed by atoms with Crippen LogP contribution in [-0.4, -0.2) is 63.5 Å². The van der Waals surface area contributed by atoms with Crippen LogP contribution < -0.4 is 10.2 Å². The topological polar surface area (TPSA) is 54.0 Å². The summed E-state index contributed by atoms with van der Waals surface area (Å²) in [5.74, 6) is 0. The molecule has 1 aromatic carbocycles. The molecule has 0 bridgehead atoms. The molecule has 0 saturated carbocycles. The maximum atomic E-state index is 11.5. The minimum atomic E-state index is -0.217. The Morgan fingerprint density at radius 3 is 2.62 bits per heavy atom. The molecule has 2 fully saturated rings. The van der Waals surface area contributed by atoms with Gasteiger partial charge in [-0.25, -0.2) is 4.79 Å². The molecule has 0 unspecified atom stereocenters. The zero-order valence-electron chi connectivity index (χ0n) is 14.4. The zero-order chi connectivity index (χ0) is 16.8. The van der Waals surface area contributed by atoms with E-state index in [2.05, 4.69) is 34.5 Å². The quantitative estimate of drug-likeness (QED) is 0.911. The summed E-state index contributed by atoms with van der Waals surface area (Å²) in [5.41, 5.74) is 2.63. The van der Waals surface area contributed by atoms with Gasteiger partial charge in [0.15, 0.2) is 0 Å². The van der Waals surface area contributed by atoms with Crippen molar-refractivity contribution in [2.75, 3.05) is 51.4 Å². The Kier molecular flexibility index (Phi) is 5.93. The molecule has 2 heterocycles. The standard InChI is InChI=1S/C18H27N3O3/c1-23-18(22)21-8-6-16(7-9-21)19-14-15-4-2-3-5-17(15)20-10-12-24-13-11-20/h2-5,16,19H,6-14H2,1H3. The second-order valence-corrected chi connectivity index (χ2v) is 6.34. The second-order valence-electron chi connectivity index (χ2n) is 6.34. The molecule has 2 aliphatic rings. The summed E-state index contributed by atoms with van der Waals surface area (Å²) in [5, 5.41) is 3.66. The Morgan fingerprint density at radius 2 is 1.92 bits per heavy atom. The third-order valence-electron chi connectivity index (χ3n) is 4.85. The molecule has 6 nitrogen and oxygen atoms in total. The normalized spacial score (nSPS) is 19.4. The molecular weight excluding hydrogens is 306 g/mol. The number of hydrogen-bond acceptors (Lipinski definition) is 5. The fourth-order valence-electron chi connectivity index (χ4n) is 3.42. The van der Waals surface area contributed by atoms with Crippen molar-refractivity contribution in [3.8, 4) is 0 Å². The molecule has 1 aromatic rings. The number of benzene rings is 1. The molecular formula is C18H27N3O3. The molecule has 24 heavy (non-hydrogen) atoms. The largest absolute Gasteiger partial charge is 0.453 e. The maximum Gasteiger partial charge on any atom is 0.409 e. The molecule has 0 aliphatic carbocycles. The Labute approximate surface area is 143 Å². The molecule has 0 aromatic heterocycles. The Bertz CT molecular complexity index is 538. The van der Waals surface area contributed by atoms with E-state index in [9.17, 15) is 4.79 Å². The highest BCUT2D eigenvalue weighted by Gasteiger charge is 2.23. The van der Waals surface area contributed by atoms with E-state index in [-0.39, 0.29) is 6.09 Å². The van der Waals surface area contributed by atoms with Crippen molar-refractivity contribution >= 4 is 11.8 Å². The van der Waals surface area contributed by atoms with Gasteiger partial charge in [0.05, 0.1) is 20.3 Å². The molecule has 2 aliphatic heterocycles. The maximum absolute atomic E-state index is 11.5. The smallest absolute Gasteiger partial charge is 0.409 e. The summed E-state index contributed by atoms with van der Waals surface area (Å²) in [6.07, 6.45) is 1.72. The molecule has 1 N–H and O–H groups in total. The first kappa shape index (κ1) is 17.0. The molecule has 3 rings (SSSR count). The van der Waals surface area contributed by atoms with E-state index >= 15 is 0 Å². The Hall–Kier alpha value is -1.79. The summed E-state index contributed by atoms with van der Waals surface area (Å²) in [6, 6.07) is 9.04. The lowest BCUT2D eigenvalue weighted by atomic mass is 10.0. The second kappa shape index (κ2) is 8.35. The number of amides is 1. The predicted molar refractivity (Wildman–Crippen MR) is 93.3 cm³/mol. The first-order valence-electron chi connectivity index (χ1n) is 8.75. The summed E-state index contributed by atoms with van der Waals surface area (Å²) in [4.78, 5) is 15.7. The van der Waals surface area contributed by atoms with Gasteiger partial charge in [0, 0.05) is 44.5 Å². The van der Waals surface area contributed by atoms with Gasteiger partial charge in [-0.05, 0) is 24.5 Å². The first-order chi connectivity index (χ1) is 11.8. The zero-order valence-corrected chi connectivity index (χ0v) is 14.4. The average molecular weight is 333 g/mol. The number of piperidine rings is 1. The van der Waals surface area contributed by atoms with Gasteiger partial charge in [0.1, 0.15) is 0 Å². The van der Waals surface area contributed by atoms with Gasteiger partial charge in [-0.2, -0.15) is 0 Å². The minimum absolute atomic E-state index is 0.217. The van der Waals surface area contributed by atoms with Crippen LogP contribution in [0.25, 0.3) is 0 Å². The van der Waals surface area contributed by atoms with Gasteiger partial charge in [-0.3, -0.25) is 0 Å². The van der Waals surface area contributed by atoms with Crippen LogP contribution in [0, 0.1) is 0 Å². The van der Waals surface area contributed by atoms with Gasteiger partial charge in [0.2, 0.25) is 0 Å². The summed E-state index contributed by atoms with van der Waals surface area (Å²) < 4.78 is 10.2. The molecule has 6 heteroatoms. The van der Waals surface area contributed by atoms with E-state index in [4.69, 9.17) is 9.47 Å². The highest BCUT2D eigenvalue weighted by atomic mass is 16.5. The number of carbonyl (C=O) groups is 1. The fourth-order valence-corrected chi connectivity index (χ4v) is 3.42. The van der Waals surface area contributed by atoms with Crippen molar-refractivity contribution < 1.29 is 14.3 Å². The highest BCUT2D eigenvalue weighted by molar-refractivity contribution is 5.67. The number of rotatable bonds is 4. The van der Waals surface area contributed by atoms with Crippen LogP contribution in [-0.2, 0) is 16.0 Å². The third-order valence-corrected chi connectivity index (χ3v) is 4.85. The number of morpholine rings is 1. The van der Waals surface area contributed by atoms with Crippen LogP contribution in [0.4, 0.5) is 10.5 Å². The molecule has 2 saturated heterocycles. The Balaban J connectivity index is 1.53. The number of hydrogen-bond donors (Lipinski definition) is 1. The van der Waals surface area contributed by atoms with Crippen molar-refractivity contribution in [3.63, 3.8) is 0 Å². The Morgan fingerprint density at radius 1 is 1.21 bits per heavy atom. The van der Waals surface area contributed by atoms with Gasteiger partial charge in [0.25, 0.3) is 0 Å². The summed E-state index contributed by atoms with van der Waals surface area (Å²) >= 11 is 0. The van der Waals surface area contributed by atoms with Gasteiger partial charge < -0.3 is 24.6 Å². The van der Waals surface area contributed by atoms with Gasteiger partial charge in [-0.1, -0.05) is 18.2 Å². The van der Waals surface area contributed by atoms with Crippen molar-refractivity contribution in [1.82, 2.24) is 10.2 Å². The van der Waals surface area contributed by atoms with Crippen LogP contribution in [0.5, 0.6) is 0 Å². The number of likely N-dealkylation sites (tertiary alicyclic amines) is 1. The fraction of sp³-hybridized carbons (Fsp3) is 0.611. The number of nitrogens with zero attached hydrogens (tertiary/aromatic N) is 2. The van der Waals surface area contributed by atoms with Crippen molar-refractivity contribution in [1.29, 1.82) is 0 Å². The van der Waals surface area contributed by atoms with Gasteiger partial charge in [-0.15, -0.1) is 0 Å². The van der Waals surface area contributed by atoms with E-state index in [1.807, 2.05) is 0 Å². The lowest BCUT2D eigenvalue weighted by molar-refractivity contribution is 0.109. The van der Waals surface area contributed by atoms with Crippen LogP contribution in [0.15, 0.2) is 24.3 Å². The minimum Gasteiger partial charge on any atom is -0.453 e. The highest BCUT2D eigenvalue weighted by Crippen LogP contribution is 2.22. The molecule has 0 radical (unpaired) electrons. The number of ether oxygens (including phenoxy) is 2. The third kappa shape index (κ3) is 4.19. The number of anilines is 1. The van der Waals surface area contributed by atoms with Crippen LogP contribution >= 0.6 is 0 Å². The number of carbonyl (C=O) groups excluding carboxylic acids is 1. The average Bonchev–Trinajstić information content (AvgIpc) is 2.67. The number of methoxy groups -OCH3 is 1. The van der Waals surface area contributed by atoms with E-state index < -0.39 is 0 Å². The van der Waals surface area contributed by atoms with E-state index in [1.54, 1.807) is 4.90 Å². The predicted octanol–water partition coefficient (Wildman–Crippen LogP) is 1.84. The van der Waals surface area contributed by atoms with E-state index in [1.165, 1.54) is 18.4 Å². The number of nitrogens with one attached hydrogen (secondary N) is 1. The molecule has 132 valence electrons. The lowest BCUT2D eigenvalue weighted by Crippen LogP contribution is -2.44. The van der Waals surface area contributed by atoms with Crippen LogP contribution in [0.1, 0.15) is 18.4 Å². The monoisotopic (exact) mass is 333 g/mol. The van der Waals surface area contributed by atoms with Gasteiger partial charge >= 0.3 is 6.09 Å². The van der Waals surface area contributed by atoms with E-state index in [0.717, 1.165) is 58.8 Å². The SMILES string of the molecule is COC(=O)N1CCC(NCc2ccccc2N2CCOCC2)CC1. The van der Waals surface area contributed by atoms with Crippen molar-refractivity contribution in [3.05, 3.63) is 29.8 Å². The van der Waals surface area contributed by atoms with Crippen LogP contribution in [0.3, 0.4) is 0 Å². The van der Waals surface area contributed by atoms with Crippen molar-refractivity contribution in [2.45, 2.75) is 25.4 Å². The van der Waals surface area contributed by atoms with E-state index in [0.29, 0.717) is 6.04 Å². The first-order valence-corrected chi connectivity index (χ1v) is 8.75.